The molecule has 8 heteroatoms. The molecule has 0 bridgehead atoms. The third-order valence-corrected chi connectivity index (χ3v) is 5.03. The fourth-order valence-corrected chi connectivity index (χ4v) is 3.42. The van der Waals surface area contributed by atoms with Gasteiger partial charge in [0, 0.05) is 29.7 Å². The van der Waals surface area contributed by atoms with Crippen molar-refractivity contribution in [2.24, 2.45) is 0 Å². The van der Waals surface area contributed by atoms with Crippen LogP contribution in [-0.4, -0.2) is 49.5 Å². The first-order valence-electron chi connectivity index (χ1n) is 8.79. The van der Waals surface area contributed by atoms with Crippen LogP contribution in [0.2, 0.25) is 0 Å². The number of rotatable bonds is 7. The van der Waals surface area contributed by atoms with Crippen molar-refractivity contribution in [3.05, 3.63) is 59.6 Å². The Bertz CT molecular complexity index is 1000. The number of hydrogen-bond donors (Lipinski definition) is 1. The summed E-state index contributed by atoms with van der Waals surface area (Å²) in [5.41, 5.74) is 1.80. The monoisotopic (exact) mass is 411 g/mol. The van der Waals surface area contributed by atoms with Crippen molar-refractivity contribution in [3.63, 3.8) is 0 Å². The van der Waals surface area contributed by atoms with E-state index in [2.05, 4.69) is 10.3 Å². The summed E-state index contributed by atoms with van der Waals surface area (Å²) in [6, 6.07) is 14.5. The maximum Gasteiger partial charge on any atom is 0.273 e. The van der Waals surface area contributed by atoms with Crippen molar-refractivity contribution >= 4 is 28.8 Å². The Balaban J connectivity index is 1.62. The van der Waals surface area contributed by atoms with Crippen LogP contribution in [0.25, 0.3) is 10.6 Å². The zero-order chi connectivity index (χ0) is 20.8. The smallest absolute Gasteiger partial charge is 0.273 e. The molecule has 2 amide bonds. The van der Waals surface area contributed by atoms with Gasteiger partial charge in [-0.1, -0.05) is 6.07 Å². The highest BCUT2D eigenvalue weighted by Crippen LogP contribution is 2.26. The molecule has 1 N–H and O–H groups in total. The summed E-state index contributed by atoms with van der Waals surface area (Å²) in [4.78, 5) is 30.6. The average Bonchev–Trinajstić information content (AvgIpc) is 3.23. The van der Waals surface area contributed by atoms with Crippen molar-refractivity contribution in [2.75, 3.05) is 33.1 Å². The lowest BCUT2D eigenvalue weighted by Crippen LogP contribution is -2.35. The van der Waals surface area contributed by atoms with E-state index in [0.29, 0.717) is 17.1 Å². The van der Waals surface area contributed by atoms with Crippen LogP contribution in [0, 0.1) is 0 Å². The Morgan fingerprint density at radius 1 is 1.07 bits per heavy atom. The summed E-state index contributed by atoms with van der Waals surface area (Å²) >= 11 is 1.37. The number of methoxy groups -OCH3 is 2. The minimum absolute atomic E-state index is 0.0918. The van der Waals surface area contributed by atoms with Gasteiger partial charge in [0.1, 0.15) is 22.2 Å². The second-order valence-corrected chi connectivity index (χ2v) is 7.07. The number of benzene rings is 2. The van der Waals surface area contributed by atoms with E-state index in [1.807, 2.05) is 24.3 Å². The molecule has 1 heterocycles. The standard InChI is InChI=1S/C21H21N3O4S/c1-24(12-19(25)22-15-5-4-6-17(11-15)28-3)21(26)18-13-29-20(23-18)14-7-9-16(27-2)10-8-14/h4-11,13H,12H2,1-3H3,(H,22,25). The highest BCUT2D eigenvalue weighted by molar-refractivity contribution is 7.13. The number of nitrogens with one attached hydrogen (secondary N) is 1. The van der Waals surface area contributed by atoms with Crippen molar-refractivity contribution in [1.29, 1.82) is 0 Å². The Morgan fingerprint density at radius 3 is 2.48 bits per heavy atom. The number of carbonyl (C=O) groups is 2. The fraction of sp³-hybridized carbons (Fsp3) is 0.190. The summed E-state index contributed by atoms with van der Waals surface area (Å²) in [5, 5.41) is 5.17. The van der Waals surface area contributed by atoms with Gasteiger partial charge in [0.05, 0.1) is 20.8 Å². The molecule has 0 atom stereocenters. The molecule has 3 rings (SSSR count). The first-order valence-corrected chi connectivity index (χ1v) is 9.67. The minimum atomic E-state index is -0.318. The van der Waals surface area contributed by atoms with E-state index >= 15 is 0 Å². The topological polar surface area (TPSA) is 80.8 Å². The van der Waals surface area contributed by atoms with Gasteiger partial charge in [-0.05, 0) is 36.4 Å². The number of nitrogens with zero attached hydrogens (tertiary/aromatic N) is 2. The number of hydrogen-bond acceptors (Lipinski definition) is 6. The molecule has 29 heavy (non-hydrogen) atoms. The van der Waals surface area contributed by atoms with Crippen LogP contribution < -0.4 is 14.8 Å². The molecule has 0 radical (unpaired) electrons. The van der Waals surface area contributed by atoms with Crippen molar-refractivity contribution in [1.82, 2.24) is 9.88 Å². The molecule has 0 aliphatic carbocycles. The maximum atomic E-state index is 12.6. The Kier molecular flexibility index (Phi) is 6.46. The largest absolute Gasteiger partial charge is 0.497 e. The predicted octanol–water partition coefficient (Wildman–Crippen LogP) is 3.54. The molecule has 2 aromatic carbocycles. The highest BCUT2D eigenvalue weighted by Gasteiger charge is 2.18. The zero-order valence-corrected chi connectivity index (χ0v) is 17.2. The molecule has 3 aromatic rings. The first kappa shape index (κ1) is 20.3. The molecule has 0 aliphatic rings. The Labute approximate surface area is 172 Å². The lowest BCUT2D eigenvalue weighted by atomic mass is 10.2. The molecule has 0 fully saturated rings. The lowest BCUT2D eigenvalue weighted by Gasteiger charge is -2.15. The third kappa shape index (κ3) is 5.11. The van der Waals surface area contributed by atoms with Gasteiger partial charge in [0.25, 0.3) is 5.91 Å². The Hall–Kier alpha value is -3.39. The molecule has 0 spiro atoms. The summed E-state index contributed by atoms with van der Waals surface area (Å²) in [6.45, 7) is -0.0918. The van der Waals surface area contributed by atoms with Crippen molar-refractivity contribution in [2.45, 2.75) is 0 Å². The molecule has 1 aromatic heterocycles. The van der Waals surface area contributed by atoms with Gasteiger partial charge in [0.15, 0.2) is 0 Å². The van der Waals surface area contributed by atoms with Crippen molar-refractivity contribution in [3.8, 4) is 22.1 Å². The molecule has 0 unspecified atom stereocenters. The van der Waals surface area contributed by atoms with Crippen LogP contribution in [0.3, 0.4) is 0 Å². The van der Waals surface area contributed by atoms with Gasteiger partial charge < -0.3 is 19.7 Å². The van der Waals surface area contributed by atoms with E-state index in [1.54, 1.807) is 50.9 Å². The summed E-state index contributed by atoms with van der Waals surface area (Å²) < 4.78 is 10.3. The fourth-order valence-electron chi connectivity index (χ4n) is 2.62. The van der Waals surface area contributed by atoms with Gasteiger partial charge in [0.2, 0.25) is 5.91 Å². The summed E-state index contributed by atoms with van der Waals surface area (Å²) in [5.74, 6) is 0.769. The number of carbonyl (C=O) groups excluding carboxylic acids is 2. The normalized spacial score (nSPS) is 10.3. The number of ether oxygens (including phenoxy) is 2. The number of anilines is 1. The van der Waals surface area contributed by atoms with Gasteiger partial charge in [-0.25, -0.2) is 4.98 Å². The maximum absolute atomic E-state index is 12.6. The second kappa shape index (κ2) is 9.20. The SMILES string of the molecule is COc1ccc(-c2nc(C(=O)N(C)CC(=O)Nc3cccc(OC)c3)cs2)cc1. The Morgan fingerprint density at radius 2 is 1.79 bits per heavy atom. The van der Waals surface area contributed by atoms with Crippen molar-refractivity contribution < 1.29 is 19.1 Å². The number of likely N-dealkylation sites (N-methyl/N-ethyl adjacent to an activating group) is 1. The molecule has 0 saturated carbocycles. The van der Waals surface area contributed by atoms with Gasteiger partial charge in [-0.2, -0.15) is 0 Å². The molecule has 150 valence electrons. The molecule has 0 aliphatic heterocycles. The molecule has 0 saturated heterocycles. The van der Waals surface area contributed by atoms with Crippen LogP contribution in [0.1, 0.15) is 10.5 Å². The second-order valence-electron chi connectivity index (χ2n) is 6.21. The molecular weight excluding hydrogens is 390 g/mol. The zero-order valence-electron chi connectivity index (χ0n) is 16.3. The van der Waals surface area contributed by atoms with E-state index in [0.717, 1.165) is 16.3 Å². The quantitative estimate of drug-likeness (QED) is 0.643. The van der Waals surface area contributed by atoms with E-state index in [4.69, 9.17) is 9.47 Å². The van der Waals surface area contributed by atoms with Crippen LogP contribution in [0.5, 0.6) is 11.5 Å². The highest BCUT2D eigenvalue weighted by atomic mass is 32.1. The molecule has 7 nitrogen and oxygen atoms in total. The summed E-state index contributed by atoms with van der Waals surface area (Å²) in [7, 11) is 4.73. The van der Waals surface area contributed by atoms with E-state index in [9.17, 15) is 9.59 Å². The third-order valence-electron chi connectivity index (χ3n) is 4.14. The van der Waals surface area contributed by atoms with E-state index < -0.39 is 0 Å². The van der Waals surface area contributed by atoms with E-state index in [1.165, 1.54) is 16.2 Å². The average molecular weight is 411 g/mol. The van der Waals surface area contributed by atoms with Crippen LogP contribution in [-0.2, 0) is 4.79 Å². The number of amides is 2. The van der Waals surface area contributed by atoms with Gasteiger partial charge in [-0.3, -0.25) is 9.59 Å². The lowest BCUT2D eigenvalue weighted by molar-refractivity contribution is -0.116. The predicted molar refractivity (Wildman–Crippen MR) is 113 cm³/mol. The number of aromatic nitrogens is 1. The first-order chi connectivity index (χ1) is 14.0. The minimum Gasteiger partial charge on any atom is -0.497 e. The van der Waals surface area contributed by atoms with Crippen LogP contribution >= 0.6 is 11.3 Å². The molecular formula is C21H21N3O4S. The number of thiazole rings is 1. The van der Waals surface area contributed by atoms with Gasteiger partial charge in [-0.15, -0.1) is 11.3 Å². The van der Waals surface area contributed by atoms with E-state index in [-0.39, 0.29) is 18.4 Å². The van der Waals surface area contributed by atoms with Gasteiger partial charge >= 0.3 is 0 Å². The van der Waals surface area contributed by atoms with Crippen LogP contribution in [0.4, 0.5) is 5.69 Å². The van der Waals surface area contributed by atoms with Crippen LogP contribution in [0.15, 0.2) is 53.9 Å². The summed E-state index contributed by atoms with van der Waals surface area (Å²) in [6.07, 6.45) is 0.